The van der Waals surface area contributed by atoms with Crippen LogP contribution in [-0.4, -0.2) is 16.0 Å². The maximum Gasteiger partial charge on any atom is 0.325 e. The lowest BCUT2D eigenvalue weighted by Crippen LogP contribution is -2.30. The predicted molar refractivity (Wildman–Crippen MR) is 93.4 cm³/mol. The Bertz CT molecular complexity index is 921. The average Bonchev–Trinajstić information content (AvgIpc) is 2.60. The van der Waals surface area contributed by atoms with Gasteiger partial charge >= 0.3 is 5.97 Å². The number of hydrogen-bond acceptors (Lipinski definition) is 2. The van der Waals surface area contributed by atoms with E-state index < -0.39 is 19.5 Å². The maximum atomic E-state index is 12.9. The maximum absolute atomic E-state index is 12.9. The van der Waals surface area contributed by atoms with Gasteiger partial charge in [0.1, 0.15) is 6.04 Å². The Labute approximate surface area is 139 Å². The minimum absolute atomic E-state index is 0.197. The van der Waals surface area contributed by atoms with E-state index in [4.69, 9.17) is 0 Å². The summed E-state index contributed by atoms with van der Waals surface area (Å²) in [6.07, 6.45) is 0. The van der Waals surface area contributed by atoms with Crippen LogP contribution in [0.3, 0.4) is 0 Å². The average molecular weight is 341 g/mol. The Morgan fingerprint density at radius 3 is 2.25 bits per heavy atom. The van der Waals surface area contributed by atoms with Crippen molar-refractivity contribution in [2.75, 3.05) is 0 Å². The summed E-state index contributed by atoms with van der Waals surface area (Å²) >= 11 is 0. The van der Waals surface area contributed by atoms with E-state index in [2.05, 4.69) is 5.09 Å². The molecule has 5 nitrogen and oxygen atoms in total. The molecule has 6 heteroatoms. The highest BCUT2D eigenvalue weighted by molar-refractivity contribution is 7.64. The summed E-state index contributed by atoms with van der Waals surface area (Å²) in [5.41, 5.74) is 0.416. The normalized spacial score (nSPS) is 14.9. The van der Waals surface area contributed by atoms with Crippen molar-refractivity contribution >= 4 is 29.6 Å². The number of carboxylic acid groups (broad SMARTS) is 1. The molecule has 24 heavy (non-hydrogen) atoms. The minimum Gasteiger partial charge on any atom is -0.480 e. The van der Waals surface area contributed by atoms with Gasteiger partial charge in [0.25, 0.3) is 7.52 Å². The van der Waals surface area contributed by atoms with Crippen LogP contribution in [0.4, 0.5) is 0 Å². The van der Waals surface area contributed by atoms with Crippen LogP contribution in [0.15, 0.2) is 72.8 Å². The van der Waals surface area contributed by atoms with Gasteiger partial charge < -0.3 is 10.00 Å². The van der Waals surface area contributed by atoms with Gasteiger partial charge in [0.15, 0.2) is 0 Å². The van der Waals surface area contributed by atoms with Crippen LogP contribution in [0.25, 0.3) is 10.8 Å². The number of hydrogen-bond donors (Lipinski definition) is 3. The van der Waals surface area contributed by atoms with Gasteiger partial charge in [-0.2, -0.15) is 0 Å². The highest BCUT2D eigenvalue weighted by atomic mass is 31.2. The van der Waals surface area contributed by atoms with E-state index in [9.17, 15) is 19.4 Å². The molecule has 0 radical (unpaired) electrons. The van der Waals surface area contributed by atoms with Gasteiger partial charge in [-0.3, -0.25) is 9.36 Å². The first-order valence-corrected chi connectivity index (χ1v) is 9.02. The summed E-state index contributed by atoms with van der Waals surface area (Å²) in [6, 6.07) is 19.3. The van der Waals surface area contributed by atoms with Crippen LogP contribution in [0, 0.1) is 0 Å². The van der Waals surface area contributed by atoms with E-state index in [0.717, 1.165) is 5.39 Å². The third kappa shape index (κ3) is 3.24. The van der Waals surface area contributed by atoms with Gasteiger partial charge in [0.2, 0.25) is 0 Å². The summed E-state index contributed by atoms with van der Waals surface area (Å²) in [6.45, 7) is 0. The Morgan fingerprint density at radius 2 is 1.54 bits per heavy atom. The first kappa shape index (κ1) is 16.4. The number of benzene rings is 3. The number of nitrogens with one attached hydrogen (secondary N) is 1. The van der Waals surface area contributed by atoms with Gasteiger partial charge in [-0.1, -0.05) is 66.7 Å². The van der Waals surface area contributed by atoms with Crippen LogP contribution >= 0.6 is 7.52 Å². The van der Waals surface area contributed by atoms with Gasteiger partial charge in [0, 0.05) is 0 Å². The van der Waals surface area contributed by atoms with Crippen LogP contribution in [0.1, 0.15) is 11.6 Å². The Kier molecular flexibility index (Phi) is 4.49. The van der Waals surface area contributed by atoms with Crippen molar-refractivity contribution in [3.63, 3.8) is 0 Å². The molecule has 0 fully saturated rings. The lowest BCUT2D eigenvalue weighted by molar-refractivity contribution is -0.139. The first-order valence-electron chi connectivity index (χ1n) is 7.36. The van der Waals surface area contributed by atoms with E-state index in [1.807, 2.05) is 18.2 Å². The summed E-state index contributed by atoms with van der Waals surface area (Å²) in [4.78, 5) is 22.1. The molecular formula is C18H16NO4P. The largest absolute Gasteiger partial charge is 0.480 e. The number of fused-ring (bicyclic) bond motifs is 1. The smallest absolute Gasteiger partial charge is 0.325 e. The van der Waals surface area contributed by atoms with Crippen LogP contribution in [0.5, 0.6) is 0 Å². The lowest BCUT2D eigenvalue weighted by Gasteiger charge is -2.21. The third-order valence-electron chi connectivity index (χ3n) is 3.78. The molecule has 0 spiro atoms. The fourth-order valence-electron chi connectivity index (χ4n) is 2.63. The third-order valence-corrected chi connectivity index (χ3v) is 5.43. The van der Waals surface area contributed by atoms with Crippen molar-refractivity contribution in [1.82, 2.24) is 5.09 Å². The van der Waals surface area contributed by atoms with Gasteiger partial charge in [-0.15, -0.1) is 0 Å². The molecule has 0 aliphatic carbocycles. The van der Waals surface area contributed by atoms with Crippen molar-refractivity contribution in [3.8, 4) is 0 Å². The van der Waals surface area contributed by atoms with Gasteiger partial charge in [0.05, 0.1) is 5.30 Å². The summed E-state index contributed by atoms with van der Waals surface area (Å²) < 4.78 is 12.9. The standard InChI is InChI=1S/C18H16NO4P/c20-18(21)17(14-8-2-1-3-9-14)19-24(22,23)16-12-6-10-13-7-4-5-11-15(13)16/h1-12,17H,(H,20,21)(H2,19,22,23). The van der Waals surface area contributed by atoms with E-state index in [0.29, 0.717) is 10.9 Å². The molecule has 0 heterocycles. The molecule has 0 saturated carbocycles. The molecule has 122 valence electrons. The molecule has 0 saturated heterocycles. The minimum atomic E-state index is -4.10. The second kappa shape index (κ2) is 6.57. The molecule has 0 aromatic heterocycles. The summed E-state index contributed by atoms with van der Waals surface area (Å²) in [5, 5.41) is 13.5. The molecule has 2 atom stereocenters. The number of carboxylic acids is 1. The van der Waals surface area contributed by atoms with E-state index >= 15 is 0 Å². The highest BCUT2D eigenvalue weighted by Gasteiger charge is 2.31. The molecule has 0 aliphatic rings. The Morgan fingerprint density at radius 1 is 0.917 bits per heavy atom. The number of aliphatic carboxylic acids is 1. The second-order valence-electron chi connectivity index (χ2n) is 5.39. The molecule has 2 unspecified atom stereocenters. The number of rotatable bonds is 5. The zero-order valence-electron chi connectivity index (χ0n) is 12.7. The topological polar surface area (TPSA) is 86.6 Å². The molecule has 3 N–H and O–H groups in total. The molecule has 3 aromatic rings. The van der Waals surface area contributed by atoms with Crippen LogP contribution < -0.4 is 10.4 Å². The van der Waals surface area contributed by atoms with Gasteiger partial charge in [-0.05, 0) is 22.4 Å². The van der Waals surface area contributed by atoms with Gasteiger partial charge in [-0.25, -0.2) is 5.09 Å². The summed E-state index contributed by atoms with van der Waals surface area (Å²) in [7, 11) is -4.10. The van der Waals surface area contributed by atoms with Crippen molar-refractivity contribution in [1.29, 1.82) is 0 Å². The first-order chi connectivity index (χ1) is 11.5. The monoisotopic (exact) mass is 341 g/mol. The van der Waals surface area contributed by atoms with Crippen molar-refractivity contribution in [2.45, 2.75) is 6.04 Å². The molecule has 0 bridgehead atoms. The van der Waals surface area contributed by atoms with E-state index in [-0.39, 0.29) is 5.30 Å². The van der Waals surface area contributed by atoms with Crippen molar-refractivity contribution in [2.24, 2.45) is 0 Å². The lowest BCUT2D eigenvalue weighted by atomic mass is 10.1. The fourth-order valence-corrected chi connectivity index (χ4v) is 4.20. The Balaban J connectivity index is 2.03. The van der Waals surface area contributed by atoms with Crippen molar-refractivity contribution in [3.05, 3.63) is 78.4 Å². The molecule has 3 aromatic carbocycles. The molecule has 0 aliphatic heterocycles. The SMILES string of the molecule is O=C(O)C(NP(=O)(O)c1cccc2ccccc12)c1ccccc1. The van der Waals surface area contributed by atoms with Crippen LogP contribution in [0.2, 0.25) is 0 Å². The zero-order chi connectivity index (χ0) is 17.2. The van der Waals surface area contributed by atoms with E-state index in [1.165, 1.54) is 0 Å². The number of carbonyl (C=O) groups is 1. The predicted octanol–water partition coefficient (Wildman–Crippen LogP) is 3.07. The van der Waals surface area contributed by atoms with Crippen molar-refractivity contribution < 1.29 is 19.4 Å². The molecule has 0 amide bonds. The molecule has 3 rings (SSSR count). The summed E-state index contributed by atoms with van der Waals surface area (Å²) in [5.74, 6) is -1.21. The Hall–Kier alpha value is -2.46. The fraction of sp³-hybridized carbons (Fsp3) is 0.0556. The quantitative estimate of drug-likeness (QED) is 0.621. The second-order valence-corrected chi connectivity index (χ2v) is 7.28. The van der Waals surface area contributed by atoms with Crippen LogP contribution in [-0.2, 0) is 9.36 Å². The highest BCUT2D eigenvalue weighted by Crippen LogP contribution is 2.40. The van der Waals surface area contributed by atoms with E-state index in [1.54, 1.807) is 54.6 Å². The molecular weight excluding hydrogens is 325 g/mol. The zero-order valence-corrected chi connectivity index (χ0v) is 13.6.